The molecule has 1 atom stereocenters. The zero-order chi connectivity index (χ0) is 19.2. The Bertz CT molecular complexity index is 868. The highest BCUT2D eigenvalue weighted by Crippen LogP contribution is 2.20. The monoisotopic (exact) mass is 365 g/mol. The summed E-state index contributed by atoms with van der Waals surface area (Å²) in [5.74, 6) is 1.10. The van der Waals surface area contributed by atoms with Gasteiger partial charge in [0.1, 0.15) is 18.0 Å². The minimum atomic E-state index is -0.100. The van der Waals surface area contributed by atoms with Crippen molar-refractivity contribution in [2.75, 3.05) is 0 Å². The quantitative estimate of drug-likeness (QED) is 0.641. The first kappa shape index (κ1) is 19.0. The number of ether oxygens (including phenoxy) is 1. The van der Waals surface area contributed by atoms with Crippen LogP contribution in [0.4, 0.5) is 0 Å². The number of carbonyl (C=O) groups excluding carboxylic acids is 1. The zero-order valence-corrected chi connectivity index (χ0v) is 16.2. The van der Waals surface area contributed by atoms with Gasteiger partial charge in [-0.15, -0.1) is 0 Å². The molecule has 1 N–H and O–H groups in total. The fourth-order valence-corrected chi connectivity index (χ4v) is 2.95. The summed E-state index contributed by atoms with van der Waals surface area (Å²) in [4.78, 5) is 17.2. The van der Waals surface area contributed by atoms with E-state index in [1.54, 1.807) is 6.07 Å². The van der Waals surface area contributed by atoms with Crippen LogP contribution in [-0.2, 0) is 6.61 Å². The number of rotatable bonds is 8. The van der Waals surface area contributed by atoms with Crippen LogP contribution in [0.25, 0.3) is 5.65 Å². The van der Waals surface area contributed by atoms with Crippen LogP contribution in [0.15, 0.2) is 54.9 Å². The Morgan fingerprint density at radius 2 is 1.89 bits per heavy atom. The van der Waals surface area contributed by atoms with Crippen LogP contribution >= 0.6 is 0 Å². The molecule has 0 fully saturated rings. The molecular weight excluding hydrogens is 338 g/mol. The molecule has 0 saturated carbocycles. The number of fused-ring (bicyclic) bond motifs is 1. The van der Waals surface area contributed by atoms with Gasteiger partial charge in [-0.3, -0.25) is 4.79 Å². The molecule has 0 bridgehead atoms. The topological polar surface area (TPSA) is 55.6 Å². The fraction of sp³-hybridized carbons (Fsp3) is 0.364. The van der Waals surface area contributed by atoms with Crippen molar-refractivity contribution in [2.24, 2.45) is 5.92 Å². The summed E-state index contributed by atoms with van der Waals surface area (Å²) in [6.45, 7) is 6.74. The third kappa shape index (κ3) is 5.09. The summed E-state index contributed by atoms with van der Waals surface area (Å²) in [6.07, 6.45) is 5.94. The normalized spacial score (nSPS) is 12.3. The van der Waals surface area contributed by atoms with Gasteiger partial charge in [0.25, 0.3) is 5.91 Å². The number of nitrogens with one attached hydrogen (secondary N) is 1. The summed E-state index contributed by atoms with van der Waals surface area (Å²) >= 11 is 0. The summed E-state index contributed by atoms with van der Waals surface area (Å²) in [6, 6.07) is 13.3. The van der Waals surface area contributed by atoms with Gasteiger partial charge in [0.15, 0.2) is 0 Å². The van der Waals surface area contributed by atoms with E-state index < -0.39 is 0 Å². The van der Waals surface area contributed by atoms with E-state index in [0.29, 0.717) is 23.8 Å². The molecule has 3 aromatic rings. The van der Waals surface area contributed by atoms with Gasteiger partial charge in [-0.1, -0.05) is 32.0 Å². The maximum absolute atomic E-state index is 12.7. The molecule has 3 rings (SSSR count). The number of pyridine rings is 1. The van der Waals surface area contributed by atoms with E-state index in [1.807, 2.05) is 60.1 Å². The van der Waals surface area contributed by atoms with Gasteiger partial charge in [0.05, 0.1) is 11.3 Å². The van der Waals surface area contributed by atoms with Crippen LogP contribution in [0.3, 0.4) is 0 Å². The first-order chi connectivity index (χ1) is 13.0. The van der Waals surface area contributed by atoms with E-state index >= 15 is 0 Å². The van der Waals surface area contributed by atoms with Crippen LogP contribution < -0.4 is 10.1 Å². The van der Waals surface area contributed by atoms with E-state index in [9.17, 15) is 4.79 Å². The molecule has 0 aliphatic rings. The number of amides is 1. The van der Waals surface area contributed by atoms with Crippen LogP contribution in [-0.4, -0.2) is 21.3 Å². The standard InChI is InChI=1S/C22H27N3O2/c1-16(2)11-12-17(3)23-22(26)19-8-4-5-9-20(19)27-15-18-14-25-13-7-6-10-21(25)24-18/h4-10,13-14,16-17H,11-12,15H2,1-3H3,(H,23,26)/t17-/m0/s1. The number of nitrogens with zero attached hydrogens (tertiary/aromatic N) is 2. The first-order valence-electron chi connectivity index (χ1n) is 9.48. The Labute approximate surface area is 160 Å². The van der Waals surface area contributed by atoms with Crippen LogP contribution in [0.1, 0.15) is 49.7 Å². The fourth-order valence-electron chi connectivity index (χ4n) is 2.95. The highest BCUT2D eigenvalue weighted by molar-refractivity contribution is 5.97. The molecule has 142 valence electrons. The average Bonchev–Trinajstić information content (AvgIpc) is 3.08. The zero-order valence-electron chi connectivity index (χ0n) is 16.2. The SMILES string of the molecule is CC(C)CC[C@H](C)NC(=O)c1ccccc1OCc1cn2ccccc2n1. The third-order valence-corrected chi connectivity index (χ3v) is 4.48. The van der Waals surface area contributed by atoms with Crippen LogP contribution in [0.5, 0.6) is 5.75 Å². The van der Waals surface area contributed by atoms with E-state index in [-0.39, 0.29) is 11.9 Å². The molecule has 0 aliphatic carbocycles. The number of imidazole rings is 1. The van der Waals surface area contributed by atoms with Crippen molar-refractivity contribution in [3.63, 3.8) is 0 Å². The van der Waals surface area contributed by atoms with Crippen molar-refractivity contribution < 1.29 is 9.53 Å². The summed E-state index contributed by atoms with van der Waals surface area (Å²) in [5, 5.41) is 3.07. The molecule has 27 heavy (non-hydrogen) atoms. The smallest absolute Gasteiger partial charge is 0.255 e. The molecule has 1 aromatic carbocycles. The lowest BCUT2D eigenvalue weighted by Crippen LogP contribution is -2.33. The van der Waals surface area contributed by atoms with Crippen LogP contribution in [0, 0.1) is 5.92 Å². The lowest BCUT2D eigenvalue weighted by molar-refractivity contribution is 0.0932. The van der Waals surface area contributed by atoms with Gasteiger partial charge in [-0.25, -0.2) is 4.98 Å². The minimum absolute atomic E-state index is 0.100. The lowest BCUT2D eigenvalue weighted by Gasteiger charge is -2.16. The maximum Gasteiger partial charge on any atom is 0.255 e. The van der Waals surface area contributed by atoms with E-state index in [4.69, 9.17) is 4.74 Å². The van der Waals surface area contributed by atoms with Gasteiger partial charge >= 0.3 is 0 Å². The van der Waals surface area contributed by atoms with Gasteiger partial charge < -0.3 is 14.5 Å². The third-order valence-electron chi connectivity index (χ3n) is 4.48. The van der Waals surface area contributed by atoms with Gasteiger partial charge in [-0.05, 0) is 49.9 Å². The van der Waals surface area contributed by atoms with Crippen molar-refractivity contribution in [3.8, 4) is 5.75 Å². The number of para-hydroxylation sites is 1. The molecular formula is C22H27N3O2. The molecule has 5 nitrogen and oxygen atoms in total. The van der Waals surface area contributed by atoms with Crippen molar-refractivity contribution in [1.82, 2.24) is 14.7 Å². The van der Waals surface area contributed by atoms with Gasteiger partial charge in [0, 0.05) is 18.4 Å². The largest absolute Gasteiger partial charge is 0.486 e. The predicted octanol–water partition coefficient (Wildman–Crippen LogP) is 4.47. The molecule has 0 saturated heterocycles. The summed E-state index contributed by atoms with van der Waals surface area (Å²) in [7, 11) is 0. The predicted molar refractivity (Wildman–Crippen MR) is 107 cm³/mol. The summed E-state index contributed by atoms with van der Waals surface area (Å²) < 4.78 is 7.87. The molecule has 0 aliphatic heterocycles. The van der Waals surface area contributed by atoms with Gasteiger partial charge in [-0.2, -0.15) is 0 Å². The molecule has 1 amide bonds. The molecule has 0 radical (unpaired) electrons. The molecule has 2 heterocycles. The number of hydrogen-bond acceptors (Lipinski definition) is 3. The van der Waals surface area contributed by atoms with Crippen molar-refractivity contribution in [3.05, 3.63) is 66.1 Å². The molecule has 2 aromatic heterocycles. The Hall–Kier alpha value is -2.82. The number of aromatic nitrogens is 2. The Morgan fingerprint density at radius 3 is 2.67 bits per heavy atom. The van der Waals surface area contributed by atoms with E-state index in [1.165, 1.54) is 0 Å². The molecule has 5 heteroatoms. The van der Waals surface area contributed by atoms with E-state index in [2.05, 4.69) is 24.1 Å². The average molecular weight is 365 g/mol. The maximum atomic E-state index is 12.7. The van der Waals surface area contributed by atoms with E-state index in [0.717, 1.165) is 24.2 Å². The molecule has 0 spiro atoms. The van der Waals surface area contributed by atoms with Gasteiger partial charge in [0.2, 0.25) is 0 Å². The number of carbonyl (C=O) groups is 1. The minimum Gasteiger partial charge on any atom is -0.486 e. The summed E-state index contributed by atoms with van der Waals surface area (Å²) in [5.41, 5.74) is 2.25. The Kier molecular flexibility index (Phi) is 6.12. The Balaban J connectivity index is 1.65. The van der Waals surface area contributed by atoms with Crippen molar-refractivity contribution in [2.45, 2.75) is 46.3 Å². The second kappa shape index (κ2) is 8.71. The number of benzene rings is 1. The number of hydrogen-bond donors (Lipinski definition) is 1. The second-order valence-electron chi connectivity index (χ2n) is 7.33. The van der Waals surface area contributed by atoms with Crippen molar-refractivity contribution in [1.29, 1.82) is 0 Å². The Morgan fingerprint density at radius 1 is 1.11 bits per heavy atom. The second-order valence-corrected chi connectivity index (χ2v) is 7.33. The van der Waals surface area contributed by atoms with Crippen molar-refractivity contribution >= 4 is 11.6 Å². The first-order valence-corrected chi connectivity index (χ1v) is 9.48. The van der Waals surface area contributed by atoms with Crippen LogP contribution in [0.2, 0.25) is 0 Å². The highest BCUT2D eigenvalue weighted by atomic mass is 16.5. The highest BCUT2D eigenvalue weighted by Gasteiger charge is 2.15. The lowest BCUT2D eigenvalue weighted by atomic mass is 10.0. The molecule has 0 unspecified atom stereocenters.